The summed E-state index contributed by atoms with van der Waals surface area (Å²) in [4.78, 5) is 10.9. The van der Waals surface area contributed by atoms with E-state index in [1.165, 1.54) is 0 Å². The molecule has 0 N–H and O–H groups in total. The third-order valence-corrected chi connectivity index (χ3v) is 3.09. The highest BCUT2D eigenvalue weighted by atomic mass is 127. The summed E-state index contributed by atoms with van der Waals surface area (Å²) in [5.41, 5.74) is 1.45. The van der Waals surface area contributed by atoms with Crippen molar-refractivity contribution in [3.63, 3.8) is 0 Å². The smallest absolute Gasteiger partial charge is 0.253 e. The zero-order valence-corrected chi connectivity index (χ0v) is 9.68. The van der Waals surface area contributed by atoms with Gasteiger partial charge in [-0.05, 0) is 58.8 Å². The Balaban J connectivity index is 3.50. The first kappa shape index (κ1) is 10.5. The molecule has 0 spiro atoms. The second kappa shape index (κ2) is 4.07. The quantitative estimate of drug-likeness (QED) is 0.591. The summed E-state index contributed by atoms with van der Waals surface area (Å²) in [5, 5.41) is 8.22. The predicted molar refractivity (Wildman–Crippen MR) is 58.8 cm³/mol. The first-order valence-electron chi connectivity index (χ1n) is 3.47. The van der Waals surface area contributed by atoms with Crippen LogP contribution in [0.3, 0.4) is 0 Å². The molecule has 4 heteroatoms. The van der Waals surface area contributed by atoms with Crippen LogP contribution in [0.25, 0.3) is 0 Å². The zero-order chi connectivity index (χ0) is 10.0. The molecule has 0 aromatic heterocycles. The molecular weight excluding hydrogens is 300 g/mol. The molecule has 0 amide bonds. The summed E-state index contributed by atoms with van der Waals surface area (Å²) in [6, 6.07) is 5.32. The highest BCUT2D eigenvalue weighted by molar-refractivity contribution is 14.1. The van der Waals surface area contributed by atoms with Gasteiger partial charge in [-0.3, -0.25) is 4.79 Å². The molecule has 0 radical (unpaired) electrons. The Bertz CT molecular complexity index is 409. The van der Waals surface area contributed by atoms with Gasteiger partial charge >= 0.3 is 0 Å². The van der Waals surface area contributed by atoms with Gasteiger partial charge in [0.2, 0.25) is 0 Å². The van der Waals surface area contributed by atoms with E-state index in [2.05, 4.69) is 22.6 Å². The molecule has 0 aliphatic carbocycles. The maximum atomic E-state index is 10.9. The second-order valence-corrected chi connectivity index (χ2v) is 3.99. The van der Waals surface area contributed by atoms with Crippen LogP contribution in [0.1, 0.15) is 21.5 Å². The predicted octanol–water partition coefficient (Wildman–Crippen LogP) is 2.85. The van der Waals surface area contributed by atoms with Crippen molar-refractivity contribution in [1.82, 2.24) is 0 Å². The van der Waals surface area contributed by atoms with Crippen LogP contribution in [0.2, 0.25) is 0 Å². The van der Waals surface area contributed by atoms with Crippen LogP contribution in [0, 0.1) is 21.8 Å². The molecule has 0 bridgehead atoms. The average molecular weight is 306 g/mol. The van der Waals surface area contributed by atoms with E-state index < -0.39 is 5.24 Å². The van der Waals surface area contributed by atoms with Crippen molar-refractivity contribution in [3.05, 3.63) is 32.4 Å². The molecule has 0 aliphatic rings. The lowest BCUT2D eigenvalue weighted by atomic mass is 10.0. The van der Waals surface area contributed by atoms with Crippen LogP contribution in [-0.2, 0) is 0 Å². The number of benzene rings is 1. The van der Waals surface area contributed by atoms with Gasteiger partial charge in [0.25, 0.3) is 5.24 Å². The monoisotopic (exact) mass is 305 g/mol. The second-order valence-electron chi connectivity index (χ2n) is 2.48. The summed E-state index contributed by atoms with van der Waals surface area (Å²) in [5.74, 6) is 0. The Kier molecular flexibility index (Phi) is 3.28. The van der Waals surface area contributed by atoms with Crippen LogP contribution < -0.4 is 0 Å². The molecule has 13 heavy (non-hydrogen) atoms. The molecule has 0 fully saturated rings. The highest BCUT2D eigenvalue weighted by Crippen LogP contribution is 2.20. The molecule has 0 heterocycles. The van der Waals surface area contributed by atoms with E-state index in [0.717, 1.165) is 9.13 Å². The van der Waals surface area contributed by atoms with E-state index in [4.69, 9.17) is 16.9 Å². The zero-order valence-electron chi connectivity index (χ0n) is 6.77. The van der Waals surface area contributed by atoms with E-state index in [0.29, 0.717) is 5.56 Å². The molecule has 0 saturated heterocycles. The lowest BCUT2D eigenvalue weighted by Gasteiger charge is -2.03. The van der Waals surface area contributed by atoms with Gasteiger partial charge in [0, 0.05) is 3.57 Å². The van der Waals surface area contributed by atoms with E-state index >= 15 is 0 Å². The summed E-state index contributed by atoms with van der Waals surface area (Å²) in [7, 11) is 0. The minimum atomic E-state index is -0.587. The fraction of sp³-hybridized carbons (Fsp3) is 0.111. The maximum Gasteiger partial charge on any atom is 0.253 e. The third-order valence-electron chi connectivity index (χ3n) is 1.72. The third kappa shape index (κ3) is 2.01. The summed E-state index contributed by atoms with van der Waals surface area (Å²) in [6.45, 7) is 1.80. The van der Waals surface area contributed by atoms with Crippen molar-refractivity contribution in [3.8, 4) is 6.07 Å². The summed E-state index contributed by atoms with van der Waals surface area (Å²) in [6.07, 6.45) is 0. The van der Waals surface area contributed by atoms with Gasteiger partial charge in [-0.1, -0.05) is 0 Å². The van der Waals surface area contributed by atoms with Gasteiger partial charge in [-0.25, -0.2) is 0 Å². The van der Waals surface area contributed by atoms with Crippen molar-refractivity contribution in [1.29, 1.82) is 5.26 Å². The van der Waals surface area contributed by atoms with Crippen LogP contribution >= 0.6 is 34.2 Å². The van der Waals surface area contributed by atoms with Gasteiger partial charge in [-0.15, -0.1) is 0 Å². The van der Waals surface area contributed by atoms with Gasteiger partial charge in [-0.2, -0.15) is 5.26 Å². The fourth-order valence-electron chi connectivity index (χ4n) is 0.994. The topological polar surface area (TPSA) is 40.9 Å². The van der Waals surface area contributed by atoms with Gasteiger partial charge in [0.1, 0.15) is 6.07 Å². The lowest BCUT2D eigenvalue weighted by molar-refractivity contribution is 0.108. The highest BCUT2D eigenvalue weighted by Gasteiger charge is 2.12. The number of halogens is 2. The summed E-state index contributed by atoms with van der Waals surface area (Å²) >= 11 is 7.43. The van der Waals surface area contributed by atoms with Crippen molar-refractivity contribution >= 4 is 39.4 Å². The number of nitriles is 1. The standard InChI is InChI=1S/C9H5ClINO/c1-5-7(4-12)6(9(10)13)2-3-8(5)11/h2-3H,1H3. The molecule has 0 aliphatic heterocycles. The molecular formula is C9H5ClINO. The Morgan fingerprint density at radius 1 is 1.62 bits per heavy atom. The average Bonchev–Trinajstić information content (AvgIpc) is 2.09. The largest absolute Gasteiger partial charge is 0.276 e. The van der Waals surface area contributed by atoms with Gasteiger partial charge in [0.05, 0.1) is 11.1 Å². The fourth-order valence-corrected chi connectivity index (χ4v) is 1.60. The van der Waals surface area contributed by atoms with Crippen molar-refractivity contribution in [2.24, 2.45) is 0 Å². The van der Waals surface area contributed by atoms with Gasteiger partial charge < -0.3 is 0 Å². The Morgan fingerprint density at radius 3 is 2.69 bits per heavy atom. The Labute approximate surface area is 94.6 Å². The molecule has 0 unspecified atom stereocenters. The number of rotatable bonds is 1. The lowest BCUT2D eigenvalue weighted by Crippen LogP contribution is -1.98. The molecule has 0 atom stereocenters. The number of carbonyl (C=O) groups excluding carboxylic acids is 1. The molecule has 0 saturated carbocycles. The minimum Gasteiger partial charge on any atom is -0.276 e. The van der Waals surface area contributed by atoms with Gasteiger partial charge in [0.15, 0.2) is 0 Å². The number of nitrogens with zero attached hydrogens (tertiary/aromatic N) is 1. The van der Waals surface area contributed by atoms with E-state index in [1.54, 1.807) is 19.1 Å². The summed E-state index contributed by atoms with van der Waals surface area (Å²) < 4.78 is 0.954. The van der Waals surface area contributed by atoms with Crippen LogP contribution in [0.4, 0.5) is 0 Å². The normalized spacial score (nSPS) is 9.38. The SMILES string of the molecule is Cc1c(I)ccc(C(=O)Cl)c1C#N. The number of hydrogen-bond donors (Lipinski definition) is 0. The minimum absolute atomic E-state index is 0.280. The van der Waals surface area contributed by atoms with Crippen molar-refractivity contribution in [2.75, 3.05) is 0 Å². The molecule has 2 nitrogen and oxygen atoms in total. The maximum absolute atomic E-state index is 10.9. The Hall–Kier alpha value is -0.600. The van der Waals surface area contributed by atoms with Crippen LogP contribution in [0.5, 0.6) is 0 Å². The molecule has 66 valence electrons. The van der Waals surface area contributed by atoms with Crippen LogP contribution in [-0.4, -0.2) is 5.24 Å². The van der Waals surface area contributed by atoms with Crippen LogP contribution in [0.15, 0.2) is 12.1 Å². The molecule has 1 aromatic rings. The first-order chi connectivity index (χ1) is 6.07. The van der Waals surface area contributed by atoms with E-state index in [-0.39, 0.29) is 5.56 Å². The number of hydrogen-bond acceptors (Lipinski definition) is 2. The molecule has 1 rings (SSSR count). The molecule has 1 aromatic carbocycles. The van der Waals surface area contributed by atoms with Crippen molar-refractivity contribution in [2.45, 2.75) is 6.92 Å². The van der Waals surface area contributed by atoms with E-state index in [1.807, 2.05) is 6.07 Å². The first-order valence-corrected chi connectivity index (χ1v) is 4.92. The number of carbonyl (C=O) groups is 1. The Morgan fingerprint density at radius 2 is 2.23 bits per heavy atom. The van der Waals surface area contributed by atoms with E-state index in [9.17, 15) is 4.79 Å². The van der Waals surface area contributed by atoms with Crippen molar-refractivity contribution < 1.29 is 4.79 Å².